The fourth-order valence-corrected chi connectivity index (χ4v) is 4.25. The number of hydrogen-bond acceptors (Lipinski definition) is 5. The molecule has 4 aromatic rings. The van der Waals surface area contributed by atoms with Gasteiger partial charge in [-0.25, -0.2) is 18.9 Å². The van der Waals surface area contributed by atoms with E-state index in [9.17, 15) is 4.39 Å². The Hall–Kier alpha value is -3.00. The van der Waals surface area contributed by atoms with E-state index >= 15 is 0 Å². The fraction of sp³-hybridized carbons (Fsp3) is 0.381. The van der Waals surface area contributed by atoms with Gasteiger partial charge in [0, 0.05) is 29.9 Å². The van der Waals surface area contributed by atoms with E-state index in [4.69, 9.17) is 5.73 Å². The molecule has 0 amide bonds. The molecule has 1 aliphatic carbocycles. The van der Waals surface area contributed by atoms with E-state index in [0.29, 0.717) is 17.5 Å². The van der Waals surface area contributed by atoms with Crippen molar-refractivity contribution in [1.29, 1.82) is 0 Å². The van der Waals surface area contributed by atoms with Crippen LogP contribution in [0.3, 0.4) is 0 Å². The van der Waals surface area contributed by atoms with Crippen molar-refractivity contribution in [1.82, 2.24) is 24.1 Å². The molecule has 0 spiro atoms. The van der Waals surface area contributed by atoms with Crippen LogP contribution in [-0.4, -0.2) is 36.2 Å². The summed E-state index contributed by atoms with van der Waals surface area (Å²) >= 11 is 0. The Balaban J connectivity index is 1.56. The molecule has 29 heavy (non-hydrogen) atoms. The number of nitrogens with zero attached hydrogens (tertiary/aromatic N) is 5. The van der Waals surface area contributed by atoms with Crippen molar-refractivity contribution in [3.05, 3.63) is 42.2 Å². The van der Waals surface area contributed by atoms with Gasteiger partial charge in [0.2, 0.25) is 5.95 Å². The smallest absolute Gasteiger partial charge is 0.241 e. The standard InChI is InChI=1S/C21H24FN7/c1-11(2)29-12(3)25-20-17(22)6-13(7-18(20)29)16-4-5-28-19(16)10-24-21(27-28)26-15-8-14(23)9-15/h4-7,10-11,14-15H,8-9,23H2,1-3H3,(H,26,27)/t14-,15+. The number of aromatic nitrogens is 5. The normalized spacial score (nSPS) is 19.2. The second-order valence-corrected chi connectivity index (χ2v) is 8.16. The molecule has 0 unspecified atom stereocenters. The van der Waals surface area contributed by atoms with Crippen LogP contribution >= 0.6 is 0 Å². The molecule has 0 aliphatic heterocycles. The third-order valence-electron chi connectivity index (χ3n) is 5.68. The largest absolute Gasteiger partial charge is 0.350 e. The van der Waals surface area contributed by atoms with Gasteiger partial charge in [0.25, 0.3) is 0 Å². The summed E-state index contributed by atoms with van der Waals surface area (Å²) in [6.07, 6.45) is 5.51. The van der Waals surface area contributed by atoms with Crippen LogP contribution in [0.25, 0.3) is 27.7 Å². The minimum atomic E-state index is -0.320. The molecule has 1 aliphatic rings. The van der Waals surface area contributed by atoms with E-state index in [0.717, 1.165) is 40.8 Å². The number of fused-ring (bicyclic) bond motifs is 2. The van der Waals surface area contributed by atoms with Crippen LogP contribution in [0.5, 0.6) is 0 Å². The predicted molar refractivity (Wildman–Crippen MR) is 111 cm³/mol. The zero-order chi connectivity index (χ0) is 20.3. The number of aryl methyl sites for hydroxylation is 1. The number of hydrogen-bond donors (Lipinski definition) is 2. The van der Waals surface area contributed by atoms with E-state index in [2.05, 4.69) is 38.8 Å². The Morgan fingerprint density at radius 2 is 2.03 bits per heavy atom. The predicted octanol–water partition coefficient (Wildman–Crippen LogP) is 3.68. The van der Waals surface area contributed by atoms with E-state index in [1.165, 1.54) is 6.07 Å². The summed E-state index contributed by atoms with van der Waals surface area (Å²) in [5, 5.41) is 7.86. The zero-order valence-corrected chi connectivity index (χ0v) is 16.7. The third kappa shape index (κ3) is 2.95. The molecule has 3 heterocycles. The number of imidazole rings is 1. The van der Waals surface area contributed by atoms with Crippen LogP contribution < -0.4 is 11.1 Å². The van der Waals surface area contributed by atoms with Crippen molar-refractivity contribution in [3.63, 3.8) is 0 Å². The number of halogens is 1. The van der Waals surface area contributed by atoms with Gasteiger partial charge in [-0.2, -0.15) is 0 Å². The maximum absolute atomic E-state index is 14.8. The molecular formula is C21H24FN7. The second-order valence-electron chi connectivity index (χ2n) is 8.16. The van der Waals surface area contributed by atoms with Crippen molar-refractivity contribution in [2.24, 2.45) is 5.73 Å². The van der Waals surface area contributed by atoms with Gasteiger partial charge in [0.15, 0.2) is 5.82 Å². The lowest BCUT2D eigenvalue weighted by atomic mass is 9.88. The minimum absolute atomic E-state index is 0.192. The maximum Gasteiger partial charge on any atom is 0.241 e. The first-order valence-electron chi connectivity index (χ1n) is 9.95. The number of nitrogens with two attached hydrogens (primary N) is 1. The SMILES string of the molecule is Cc1nc2c(F)cc(-c3ccn4nc(N[C@H]5C[C@@H](N)C5)ncc34)cc2n1C(C)C. The van der Waals surface area contributed by atoms with Gasteiger partial charge in [0.05, 0.1) is 17.2 Å². The van der Waals surface area contributed by atoms with Gasteiger partial charge < -0.3 is 15.6 Å². The highest BCUT2D eigenvalue weighted by Gasteiger charge is 2.26. The van der Waals surface area contributed by atoms with Crippen molar-refractivity contribution >= 4 is 22.5 Å². The summed E-state index contributed by atoms with van der Waals surface area (Å²) in [7, 11) is 0. The molecule has 3 N–H and O–H groups in total. The highest BCUT2D eigenvalue weighted by atomic mass is 19.1. The lowest BCUT2D eigenvalue weighted by Crippen LogP contribution is -2.44. The molecule has 1 aromatic carbocycles. The minimum Gasteiger partial charge on any atom is -0.350 e. The molecule has 0 saturated heterocycles. The molecule has 5 rings (SSSR count). The first-order valence-corrected chi connectivity index (χ1v) is 9.95. The van der Waals surface area contributed by atoms with E-state index in [1.807, 2.05) is 25.3 Å². The van der Waals surface area contributed by atoms with Crippen LogP contribution in [0.15, 0.2) is 30.6 Å². The second kappa shape index (κ2) is 6.52. The van der Waals surface area contributed by atoms with Crippen LogP contribution in [0, 0.1) is 12.7 Å². The lowest BCUT2D eigenvalue weighted by Gasteiger charge is -2.32. The van der Waals surface area contributed by atoms with Crippen LogP contribution in [-0.2, 0) is 0 Å². The van der Waals surface area contributed by atoms with Crippen molar-refractivity contribution < 1.29 is 4.39 Å². The first-order chi connectivity index (χ1) is 13.9. The molecule has 3 aromatic heterocycles. The molecule has 0 bridgehead atoms. The molecule has 1 fully saturated rings. The molecular weight excluding hydrogens is 369 g/mol. The Labute approximate surface area is 167 Å². The van der Waals surface area contributed by atoms with Gasteiger partial charge in [-0.3, -0.25) is 0 Å². The highest BCUT2D eigenvalue weighted by molar-refractivity contribution is 5.88. The Bertz CT molecular complexity index is 1220. The molecule has 8 heteroatoms. The first kappa shape index (κ1) is 18.1. The number of rotatable bonds is 4. The quantitative estimate of drug-likeness (QED) is 0.552. The average Bonchev–Trinajstić information content (AvgIpc) is 3.20. The number of benzene rings is 1. The number of anilines is 1. The van der Waals surface area contributed by atoms with E-state index in [-0.39, 0.29) is 17.9 Å². The molecule has 0 atom stereocenters. The van der Waals surface area contributed by atoms with Crippen molar-refractivity contribution in [2.75, 3.05) is 5.32 Å². The summed E-state index contributed by atoms with van der Waals surface area (Å²) in [5.74, 6) is 1.06. The number of nitrogens with one attached hydrogen (secondary N) is 1. The molecule has 150 valence electrons. The summed E-state index contributed by atoms with van der Waals surface area (Å²) in [5.41, 5.74) is 9.54. The van der Waals surface area contributed by atoms with Gasteiger partial charge in [-0.1, -0.05) is 0 Å². The maximum atomic E-state index is 14.8. The molecule has 1 saturated carbocycles. The summed E-state index contributed by atoms with van der Waals surface area (Å²) < 4.78 is 18.7. The van der Waals surface area contributed by atoms with Crippen LogP contribution in [0.2, 0.25) is 0 Å². The van der Waals surface area contributed by atoms with Crippen LogP contribution in [0.4, 0.5) is 10.3 Å². The lowest BCUT2D eigenvalue weighted by molar-refractivity contribution is 0.371. The Morgan fingerprint density at radius 3 is 2.76 bits per heavy atom. The van der Waals surface area contributed by atoms with Gasteiger partial charge in [-0.15, -0.1) is 5.10 Å². The topological polar surface area (TPSA) is 86.1 Å². The zero-order valence-electron chi connectivity index (χ0n) is 16.7. The third-order valence-corrected chi connectivity index (χ3v) is 5.68. The van der Waals surface area contributed by atoms with E-state index in [1.54, 1.807) is 10.7 Å². The summed E-state index contributed by atoms with van der Waals surface area (Å²) in [4.78, 5) is 8.87. The summed E-state index contributed by atoms with van der Waals surface area (Å²) in [6, 6.07) is 6.26. The monoisotopic (exact) mass is 393 g/mol. The summed E-state index contributed by atoms with van der Waals surface area (Å²) in [6.45, 7) is 6.05. The van der Waals surface area contributed by atoms with Crippen molar-refractivity contribution in [2.45, 2.75) is 51.7 Å². The van der Waals surface area contributed by atoms with E-state index < -0.39 is 0 Å². The molecule has 7 nitrogen and oxygen atoms in total. The fourth-order valence-electron chi connectivity index (χ4n) is 4.25. The van der Waals surface area contributed by atoms with Gasteiger partial charge in [0.1, 0.15) is 11.3 Å². The Kier molecular flexibility index (Phi) is 4.06. The van der Waals surface area contributed by atoms with Crippen molar-refractivity contribution in [3.8, 4) is 11.1 Å². The highest BCUT2D eigenvalue weighted by Crippen LogP contribution is 2.32. The Morgan fingerprint density at radius 1 is 1.24 bits per heavy atom. The van der Waals surface area contributed by atoms with Crippen LogP contribution in [0.1, 0.15) is 38.6 Å². The van der Waals surface area contributed by atoms with Gasteiger partial charge in [-0.05, 0) is 57.4 Å². The van der Waals surface area contributed by atoms with Gasteiger partial charge >= 0.3 is 0 Å². The molecule has 0 radical (unpaired) electrons. The average molecular weight is 393 g/mol.